The Morgan fingerprint density at radius 1 is 1.11 bits per heavy atom. The molecule has 0 aromatic rings. The highest BCUT2D eigenvalue weighted by Crippen LogP contribution is 2.21. The molecule has 0 radical (unpaired) electrons. The highest BCUT2D eigenvalue weighted by molar-refractivity contribution is 8.76. The molecule has 0 saturated carbocycles. The summed E-state index contributed by atoms with van der Waals surface area (Å²) in [6.45, 7) is 7.26. The Labute approximate surface area is 65.2 Å². The summed E-state index contributed by atoms with van der Waals surface area (Å²) in [6, 6.07) is 0. The molecular formula is C7H12S2. The average molecular weight is 160 g/mol. The van der Waals surface area contributed by atoms with Crippen LogP contribution in [-0.4, -0.2) is 11.5 Å². The van der Waals surface area contributed by atoms with E-state index >= 15 is 0 Å². The van der Waals surface area contributed by atoms with E-state index in [2.05, 4.69) is 13.2 Å². The fourth-order valence-corrected chi connectivity index (χ4v) is 2.08. The lowest BCUT2D eigenvalue weighted by molar-refractivity contribution is 1.26. The Balaban J connectivity index is 2.74. The van der Waals surface area contributed by atoms with Crippen LogP contribution in [0.1, 0.15) is 6.42 Å². The third-order valence-corrected chi connectivity index (χ3v) is 3.02. The molecule has 0 saturated heterocycles. The minimum absolute atomic E-state index is 1.04. The van der Waals surface area contributed by atoms with Gasteiger partial charge in [0.2, 0.25) is 0 Å². The van der Waals surface area contributed by atoms with Crippen molar-refractivity contribution >= 4 is 21.6 Å². The van der Waals surface area contributed by atoms with E-state index in [9.17, 15) is 0 Å². The zero-order chi connectivity index (χ0) is 6.95. The minimum atomic E-state index is 1.04. The lowest BCUT2D eigenvalue weighted by atomic mass is 10.5. The molecule has 0 rings (SSSR count). The summed E-state index contributed by atoms with van der Waals surface area (Å²) in [5.41, 5.74) is 0. The van der Waals surface area contributed by atoms with Crippen LogP contribution in [0, 0.1) is 0 Å². The van der Waals surface area contributed by atoms with Gasteiger partial charge in [0.05, 0.1) is 0 Å². The molecule has 0 atom stereocenters. The Morgan fingerprint density at radius 3 is 2.44 bits per heavy atom. The van der Waals surface area contributed by atoms with Crippen LogP contribution in [0.15, 0.2) is 25.3 Å². The standard InChI is InChI=1S/C7H12S2/c1-3-5-7-9-8-6-4-2/h3-4H,1-2,5-7H2. The van der Waals surface area contributed by atoms with E-state index in [0.29, 0.717) is 0 Å². The van der Waals surface area contributed by atoms with E-state index in [-0.39, 0.29) is 0 Å². The fourth-order valence-electron chi connectivity index (χ4n) is 0.287. The molecule has 0 bridgehead atoms. The largest absolute Gasteiger partial charge is 0.103 e. The first kappa shape index (κ1) is 9.18. The van der Waals surface area contributed by atoms with Crippen LogP contribution in [0.3, 0.4) is 0 Å². The summed E-state index contributed by atoms with van der Waals surface area (Å²) >= 11 is 0. The molecule has 0 N–H and O–H groups in total. The van der Waals surface area contributed by atoms with Crippen molar-refractivity contribution in [1.82, 2.24) is 0 Å². The molecule has 0 nitrogen and oxygen atoms in total. The van der Waals surface area contributed by atoms with Gasteiger partial charge >= 0.3 is 0 Å². The molecule has 0 heterocycles. The summed E-state index contributed by atoms with van der Waals surface area (Å²) in [5, 5.41) is 0. The number of rotatable bonds is 6. The Hall–Kier alpha value is 0.180. The Morgan fingerprint density at radius 2 is 1.89 bits per heavy atom. The van der Waals surface area contributed by atoms with E-state index in [0.717, 1.165) is 12.2 Å². The molecule has 0 aromatic carbocycles. The molecule has 0 aliphatic rings. The van der Waals surface area contributed by atoms with E-state index in [1.807, 2.05) is 33.7 Å². The van der Waals surface area contributed by atoms with E-state index in [1.54, 1.807) is 0 Å². The molecule has 0 aliphatic carbocycles. The van der Waals surface area contributed by atoms with E-state index in [1.165, 1.54) is 5.75 Å². The van der Waals surface area contributed by atoms with Crippen molar-refractivity contribution < 1.29 is 0 Å². The van der Waals surface area contributed by atoms with Gasteiger partial charge in [-0.25, -0.2) is 0 Å². The molecule has 0 aliphatic heterocycles. The first-order valence-electron chi connectivity index (χ1n) is 2.88. The Kier molecular flexibility index (Phi) is 8.34. The van der Waals surface area contributed by atoms with Crippen LogP contribution >= 0.6 is 21.6 Å². The van der Waals surface area contributed by atoms with Crippen LogP contribution in [0.25, 0.3) is 0 Å². The molecule has 0 amide bonds. The van der Waals surface area contributed by atoms with Crippen LogP contribution < -0.4 is 0 Å². The van der Waals surface area contributed by atoms with Gasteiger partial charge in [0.1, 0.15) is 0 Å². The van der Waals surface area contributed by atoms with Gasteiger partial charge < -0.3 is 0 Å². The van der Waals surface area contributed by atoms with Crippen molar-refractivity contribution in [1.29, 1.82) is 0 Å². The van der Waals surface area contributed by atoms with Crippen molar-refractivity contribution in [2.75, 3.05) is 11.5 Å². The quantitative estimate of drug-likeness (QED) is 0.332. The first-order chi connectivity index (χ1) is 4.41. The van der Waals surface area contributed by atoms with Crippen LogP contribution in [0.5, 0.6) is 0 Å². The Bertz CT molecular complexity index is 69.0. The lowest BCUT2D eigenvalue weighted by Gasteiger charge is -1.92. The van der Waals surface area contributed by atoms with E-state index < -0.39 is 0 Å². The topological polar surface area (TPSA) is 0 Å². The maximum atomic E-state index is 3.64. The van der Waals surface area contributed by atoms with Crippen molar-refractivity contribution in [2.24, 2.45) is 0 Å². The van der Waals surface area contributed by atoms with Crippen LogP contribution in [0.2, 0.25) is 0 Å². The van der Waals surface area contributed by atoms with Crippen molar-refractivity contribution in [3.8, 4) is 0 Å². The fraction of sp³-hybridized carbons (Fsp3) is 0.429. The van der Waals surface area contributed by atoms with Crippen molar-refractivity contribution in [3.63, 3.8) is 0 Å². The summed E-state index contributed by atoms with van der Waals surface area (Å²) < 4.78 is 0. The molecule has 2 heteroatoms. The summed E-state index contributed by atoms with van der Waals surface area (Å²) in [7, 11) is 3.72. The predicted octanol–water partition coefficient (Wildman–Crippen LogP) is 3.13. The lowest BCUT2D eigenvalue weighted by Crippen LogP contribution is -1.70. The van der Waals surface area contributed by atoms with Gasteiger partial charge in [-0.15, -0.1) is 13.2 Å². The number of hydrogen-bond donors (Lipinski definition) is 0. The third-order valence-electron chi connectivity index (χ3n) is 0.675. The molecule has 0 unspecified atom stereocenters. The van der Waals surface area contributed by atoms with Gasteiger partial charge in [0.15, 0.2) is 0 Å². The normalized spacial score (nSPS) is 8.89. The second-order valence-electron chi connectivity index (χ2n) is 1.47. The molecule has 0 aromatic heterocycles. The third kappa shape index (κ3) is 8.18. The van der Waals surface area contributed by atoms with Crippen molar-refractivity contribution in [3.05, 3.63) is 25.3 Å². The smallest absolute Gasteiger partial charge is 0.0215 e. The summed E-state index contributed by atoms with van der Waals surface area (Å²) in [4.78, 5) is 0. The number of hydrogen-bond acceptors (Lipinski definition) is 2. The molecule has 0 spiro atoms. The average Bonchev–Trinajstić information content (AvgIpc) is 1.89. The second-order valence-corrected chi connectivity index (χ2v) is 4.10. The van der Waals surface area contributed by atoms with Gasteiger partial charge in [-0.3, -0.25) is 0 Å². The van der Waals surface area contributed by atoms with Crippen LogP contribution in [-0.2, 0) is 0 Å². The minimum Gasteiger partial charge on any atom is -0.103 e. The van der Waals surface area contributed by atoms with E-state index in [4.69, 9.17) is 0 Å². The van der Waals surface area contributed by atoms with Gasteiger partial charge in [-0.2, -0.15) is 0 Å². The molecule has 0 fully saturated rings. The maximum Gasteiger partial charge on any atom is 0.0215 e. The predicted molar refractivity (Wildman–Crippen MR) is 49.9 cm³/mol. The monoisotopic (exact) mass is 160 g/mol. The summed E-state index contributed by atoms with van der Waals surface area (Å²) in [5.74, 6) is 2.21. The van der Waals surface area contributed by atoms with Gasteiger partial charge in [0, 0.05) is 11.5 Å². The first-order valence-corrected chi connectivity index (χ1v) is 5.37. The molecule has 9 heavy (non-hydrogen) atoms. The zero-order valence-electron chi connectivity index (χ0n) is 5.51. The van der Waals surface area contributed by atoms with Gasteiger partial charge in [0.25, 0.3) is 0 Å². The summed E-state index contributed by atoms with van der Waals surface area (Å²) in [6.07, 6.45) is 4.97. The highest BCUT2D eigenvalue weighted by Gasteiger charge is 1.83. The highest BCUT2D eigenvalue weighted by atomic mass is 33.1. The van der Waals surface area contributed by atoms with Gasteiger partial charge in [-0.1, -0.05) is 33.7 Å². The van der Waals surface area contributed by atoms with Crippen LogP contribution in [0.4, 0.5) is 0 Å². The van der Waals surface area contributed by atoms with Crippen molar-refractivity contribution in [2.45, 2.75) is 6.42 Å². The SMILES string of the molecule is C=CCCSSCC=C. The second kappa shape index (κ2) is 8.18. The van der Waals surface area contributed by atoms with Gasteiger partial charge in [-0.05, 0) is 6.42 Å². The molecule has 52 valence electrons. The zero-order valence-corrected chi connectivity index (χ0v) is 7.14. The number of allylic oxidation sites excluding steroid dienone is 1. The maximum absolute atomic E-state index is 3.64. The molecular weight excluding hydrogens is 148 g/mol.